The van der Waals surface area contributed by atoms with E-state index in [1.54, 1.807) is 6.20 Å². The summed E-state index contributed by atoms with van der Waals surface area (Å²) in [5.41, 5.74) is 1.19. The fraction of sp³-hybridized carbons (Fsp3) is 0.545. The van der Waals surface area contributed by atoms with E-state index in [9.17, 15) is 0 Å². The Hall–Kier alpha value is -0.760. The van der Waals surface area contributed by atoms with Gasteiger partial charge >= 0.3 is 0 Å². The summed E-state index contributed by atoms with van der Waals surface area (Å²) in [7, 11) is 0. The van der Waals surface area contributed by atoms with Gasteiger partial charge in [-0.3, -0.25) is 0 Å². The molecular formula is C11H17ClN2. The van der Waals surface area contributed by atoms with Crippen LogP contribution in [-0.2, 0) is 5.41 Å². The van der Waals surface area contributed by atoms with Crippen LogP contribution in [0.15, 0.2) is 12.3 Å². The Morgan fingerprint density at radius 1 is 1.43 bits per heavy atom. The van der Waals surface area contributed by atoms with Crippen molar-refractivity contribution in [3.63, 3.8) is 0 Å². The van der Waals surface area contributed by atoms with Gasteiger partial charge in [-0.15, -0.1) is 0 Å². The van der Waals surface area contributed by atoms with Gasteiger partial charge in [0, 0.05) is 12.7 Å². The van der Waals surface area contributed by atoms with E-state index in [4.69, 9.17) is 11.6 Å². The summed E-state index contributed by atoms with van der Waals surface area (Å²) >= 11 is 6.25. The predicted molar refractivity (Wildman–Crippen MR) is 62.1 cm³/mol. The lowest BCUT2D eigenvalue weighted by atomic mass is 9.87. The van der Waals surface area contributed by atoms with E-state index in [-0.39, 0.29) is 5.41 Å². The molecule has 0 aliphatic carbocycles. The van der Waals surface area contributed by atoms with E-state index in [1.807, 2.05) is 13.0 Å². The Labute approximate surface area is 90.7 Å². The van der Waals surface area contributed by atoms with E-state index >= 15 is 0 Å². The molecule has 0 radical (unpaired) electrons. The zero-order valence-electron chi connectivity index (χ0n) is 9.19. The van der Waals surface area contributed by atoms with Crippen molar-refractivity contribution in [2.45, 2.75) is 33.1 Å². The largest absolute Gasteiger partial charge is 0.369 e. The van der Waals surface area contributed by atoms with Gasteiger partial charge in [-0.25, -0.2) is 4.98 Å². The molecule has 0 saturated carbocycles. The highest BCUT2D eigenvalue weighted by molar-refractivity contribution is 6.33. The number of nitrogens with one attached hydrogen (secondary N) is 1. The molecule has 0 atom stereocenters. The van der Waals surface area contributed by atoms with Crippen molar-refractivity contribution >= 4 is 17.4 Å². The van der Waals surface area contributed by atoms with Gasteiger partial charge in [-0.05, 0) is 24.0 Å². The van der Waals surface area contributed by atoms with Crippen molar-refractivity contribution in [2.24, 2.45) is 0 Å². The van der Waals surface area contributed by atoms with Crippen molar-refractivity contribution in [1.82, 2.24) is 4.98 Å². The molecular weight excluding hydrogens is 196 g/mol. The van der Waals surface area contributed by atoms with Crippen LogP contribution in [0.5, 0.6) is 0 Å². The van der Waals surface area contributed by atoms with Crippen LogP contribution in [0.2, 0.25) is 5.02 Å². The molecule has 0 fully saturated rings. The monoisotopic (exact) mass is 212 g/mol. The minimum atomic E-state index is 0.0597. The summed E-state index contributed by atoms with van der Waals surface area (Å²) < 4.78 is 0. The smallest absolute Gasteiger partial charge is 0.145 e. The fourth-order valence-electron chi connectivity index (χ4n) is 1.31. The first-order valence-corrected chi connectivity index (χ1v) is 5.23. The van der Waals surface area contributed by atoms with Crippen molar-refractivity contribution < 1.29 is 0 Å². The minimum absolute atomic E-state index is 0.0597. The Kier molecular flexibility index (Phi) is 3.38. The van der Waals surface area contributed by atoms with Crippen molar-refractivity contribution in [3.8, 4) is 0 Å². The van der Waals surface area contributed by atoms with Crippen LogP contribution < -0.4 is 5.32 Å². The molecule has 0 aromatic carbocycles. The molecule has 14 heavy (non-hydrogen) atoms. The Balaban J connectivity index is 3.14. The third kappa shape index (κ3) is 2.38. The van der Waals surface area contributed by atoms with Crippen molar-refractivity contribution in [2.75, 3.05) is 11.9 Å². The number of hydrogen-bond acceptors (Lipinski definition) is 2. The molecule has 78 valence electrons. The first-order valence-electron chi connectivity index (χ1n) is 4.85. The molecule has 1 aromatic rings. The van der Waals surface area contributed by atoms with Crippen LogP contribution >= 0.6 is 11.6 Å². The predicted octanol–water partition coefficient (Wildman–Crippen LogP) is 3.46. The number of aromatic nitrogens is 1. The van der Waals surface area contributed by atoms with E-state index < -0.39 is 0 Å². The molecule has 1 aromatic heterocycles. The van der Waals surface area contributed by atoms with Gasteiger partial charge in [0.15, 0.2) is 0 Å². The van der Waals surface area contributed by atoms with E-state index in [2.05, 4.69) is 31.1 Å². The fourth-order valence-corrected chi connectivity index (χ4v) is 1.78. The number of rotatable bonds is 2. The second kappa shape index (κ2) is 4.18. The van der Waals surface area contributed by atoms with E-state index in [0.717, 1.165) is 22.9 Å². The summed E-state index contributed by atoms with van der Waals surface area (Å²) in [5.74, 6) is 0.779. The number of pyridine rings is 1. The quantitative estimate of drug-likeness (QED) is 0.812. The lowest BCUT2D eigenvalue weighted by Crippen LogP contribution is -2.13. The Morgan fingerprint density at radius 2 is 2.07 bits per heavy atom. The van der Waals surface area contributed by atoms with Gasteiger partial charge in [0.1, 0.15) is 5.82 Å². The number of nitrogens with zero attached hydrogens (tertiary/aromatic N) is 1. The topological polar surface area (TPSA) is 24.9 Å². The van der Waals surface area contributed by atoms with Crippen LogP contribution in [0.1, 0.15) is 33.3 Å². The molecule has 3 heteroatoms. The highest BCUT2D eigenvalue weighted by Gasteiger charge is 2.19. The van der Waals surface area contributed by atoms with E-state index in [1.165, 1.54) is 0 Å². The summed E-state index contributed by atoms with van der Waals surface area (Å²) in [4.78, 5) is 4.20. The summed E-state index contributed by atoms with van der Waals surface area (Å²) in [6.07, 6.45) is 1.80. The number of halogens is 1. The summed E-state index contributed by atoms with van der Waals surface area (Å²) in [6, 6.07) is 1.98. The van der Waals surface area contributed by atoms with Gasteiger partial charge in [0.25, 0.3) is 0 Å². The van der Waals surface area contributed by atoms with Crippen molar-refractivity contribution in [3.05, 3.63) is 22.8 Å². The van der Waals surface area contributed by atoms with Crippen LogP contribution in [0.4, 0.5) is 5.82 Å². The molecule has 0 amide bonds. The Bertz CT molecular complexity index is 316. The maximum atomic E-state index is 6.25. The molecule has 0 bridgehead atoms. The third-order valence-corrected chi connectivity index (χ3v) is 2.42. The van der Waals surface area contributed by atoms with Gasteiger partial charge in [0.05, 0.1) is 5.02 Å². The average molecular weight is 213 g/mol. The van der Waals surface area contributed by atoms with Gasteiger partial charge in [-0.2, -0.15) is 0 Å². The lowest BCUT2D eigenvalue weighted by molar-refractivity contribution is 0.590. The average Bonchev–Trinajstić information content (AvgIpc) is 2.07. The van der Waals surface area contributed by atoms with Gasteiger partial charge < -0.3 is 5.32 Å². The maximum absolute atomic E-state index is 6.25. The van der Waals surface area contributed by atoms with Crippen LogP contribution in [-0.4, -0.2) is 11.5 Å². The van der Waals surface area contributed by atoms with Gasteiger partial charge in [-0.1, -0.05) is 32.4 Å². The standard InChI is InChI=1S/C11H17ClN2/c1-5-13-10-9(12)8(6-7-14-10)11(2,3)4/h6-7H,5H2,1-4H3,(H,13,14). The first kappa shape index (κ1) is 11.3. The number of anilines is 1. The molecule has 0 unspecified atom stereocenters. The molecule has 1 heterocycles. The minimum Gasteiger partial charge on any atom is -0.369 e. The maximum Gasteiger partial charge on any atom is 0.145 e. The first-order chi connectivity index (χ1) is 6.46. The molecule has 0 aliphatic heterocycles. The third-order valence-electron chi connectivity index (χ3n) is 2.04. The Morgan fingerprint density at radius 3 is 2.57 bits per heavy atom. The molecule has 2 nitrogen and oxygen atoms in total. The second-order valence-electron chi connectivity index (χ2n) is 4.30. The lowest BCUT2D eigenvalue weighted by Gasteiger charge is -2.21. The summed E-state index contributed by atoms with van der Waals surface area (Å²) in [6.45, 7) is 9.29. The summed E-state index contributed by atoms with van der Waals surface area (Å²) in [5, 5.41) is 3.88. The van der Waals surface area contributed by atoms with Gasteiger partial charge in [0.2, 0.25) is 0 Å². The molecule has 0 aliphatic rings. The molecule has 0 saturated heterocycles. The van der Waals surface area contributed by atoms with E-state index in [0.29, 0.717) is 0 Å². The highest BCUT2D eigenvalue weighted by Crippen LogP contribution is 2.32. The normalized spacial score (nSPS) is 11.5. The second-order valence-corrected chi connectivity index (χ2v) is 4.68. The van der Waals surface area contributed by atoms with Crippen LogP contribution in [0.25, 0.3) is 0 Å². The van der Waals surface area contributed by atoms with Crippen molar-refractivity contribution in [1.29, 1.82) is 0 Å². The highest BCUT2D eigenvalue weighted by atomic mass is 35.5. The SMILES string of the molecule is CCNc1nccc(C(C)(C)C)c1Cl. The molecule has 0 spiro atoms. The van der Waals surface area contributed by atoms with Crippen LogP contribution in [0, 0.1) is 0 Å². The molecule has 1 N–H and O–H groups in total. The van der Waals surface area contributed by atoms with Crippen LogP contribution in [0.3, 0.4) is 0 Å². The zero-order valence-corrected chi connectivity index (χ0v) is 9.94. The molecule has 1 rings (SSSR count). The zero-order chi connectivity index (χ0) is 10.8. The number of hydrogen-bond donors (Lipinski definition) is 1.